The molecule has 6 atom stereocenters. The van der Waals surface area contributed by atoms with Crippen LogP contribution >= 0.6 is 23.5 Å². The Morgan fingerprint density at radius 2 is 1.54 bits per heavy atom. The van der Waals surface area contributed by atoms with Gasteiger partial charge in [0.2, 0.25) is 23.1 Å². The molecule has 502 valence electrons. The third-order valence-corrected chi connectivity index (χ3v) is 18.5. The summed E-state index contributed by atoms with van der Waals surface area (Å²) in [5, 5.41) is 35.7. The number of benzene rings is 5. The number of anilines is 1. The van der Waals surface area contributed by atoms with Crippen molar-refractivity contribution in [3.63, 3.8) is 0 Å². The Morgan fingerprint density at radius 3 is 2.28 bits per heavy atom. The van der Waals surface area contributed by atoms with Crippen molar-refractivity contribution in [1.29, 1.82) is 0 Å². The summed E-state index contributed by atoms with van der Waals surface area (Å²) in [4.78, 5) is 135. The van der Waals surface area contributed by atoms with Gasteiger partial charge in [-0.2, -0.15) is 0 Å². The average molecular weight is 1370 g/mol. The Labute approximate surface area is 540 Å². The molecule has 4 amide bonds. The maximum atomic E-state index is 13.4. The molecule has 0 spiro atoms. The molecule has 4 aromatic carbocycles. The molecule has 5 aromatic rings. The molecule has 34 heteroatoms. The number of carbonyl (C=O) groups excluding carboxylic acids is 5. The van der Waals surface area contributed by atoms with Gasteiger partial charge in [0.25, 0.3) is 27.1 Å². The van der Waals surface area contributed by atoms with E-state index in [-0.39, 0.29) is 68.1 Å². The molecule has 1 fully saturated rings. The molecule has 1 aromatic heterocycles. The number of unbranched alkanes of at least 4 members (excludes halogenated alkanes) is 1. The predicted octanol–water partition coefficient (Wildman–Crippen LogP) is 1.60. The van der Waals surface area contributed by atoms with Gasteiger partial charge < -0.3 is 83.9 Å². The van der Waals surface area contributed by atoms with Crippen molar-refractivity contribution in [1.82, 2.24) is 35.4 Å². The number of amides is 4. The fraction of sp³-hybridized carbons (Fsp3) is 0.311. The number of hydrogen-bond donors (Lipinski definition) is 8. The summed E-state index contributed by atoms with van der Waals surface area (Å²) in [6.45, 7) is -0.997. The molecule has 6 unspecified atom stereocenters. The van der Waals surface area contributed by atoms with Crippen LogP contribution in [0.4, 0.5) is 5.69 Å². The van der Waals surface area contributed by atoms with Gasteiger partial charge in [0.1, 0.15) is 60.6 Å². The molecule has 1 saturated heterocycles. The number of aromatic amines is 1. The van der Waals surface area contributed by atoms with E-state index in [0.29, 0.717) is 74.6 Å². The lowest BCUT2D eigenvalue weighted by Crippen LogP contribution is -2.34. The lowest BCUT2D eigenvalue weighted by molar-refractivity contribution is -0.255. The number of aliphatic hydroxyl groups is 1. The van der Waals surface area contributed by atoms with Crippen LogP contribution in [0.1, 0.15) is 88.2 Å². The first-order valence-electron chi connectivity index (χ1n) is 29.1. The first-order valence-corrected chi connectivity index (χ1v) is 33.6. The molecule has 4 aliphatic rings. The number of carbonyl (C=O) groups is 5. The number of phosphoric acid groups is 3. The van der Waals surface area contributed by atoms with Crippen molar-refractivity contribution in [2.45, 2.75) is 63.0 Å². The molecule has 4 heterocycles. The average Bonchev–Trinajstić information content (AvgIpc) is 0.801. The number of H-pyrrole nitrogens is 1. The quantitative estimate of drug-likeness (QED) is 0.0125. The summed E-state index contributed by atoms with van der Waals surface area (Å²) >= 11 is 0. The Hall–Kier alpha value is -9.11. The first kappa shape index (κ1) is 70.2. The number of ether oxygens (including phenoxy) is 3. The normalized spacial score (nSPS) is 16.9. The molecule has 1 aliphatic carbocycles. The van der Waals surface area contributed by atoms with Crippen LogP contribution in [0.5, 0.6) is 17.2 Å². The van der Waals surface area contributed by atoms with Gasteiger partial charge in [-0.05, 0) is 66.9 Å². The van der Waals surface area contributed by atoms with Crippen LogP contribution in [-0.2, 0) is 46.0 Å². The van der Waals surface area contributed by atoms with Crippen molar-refractivity contribution < 1.29 is 99.2 Å². The van der Waals surface area contributed by atoms with Gasteiger partial charge in [0.05, 0.1) is 43.9 Å². The van der Waals surface area contributed by atoms with Gasteiger partial charge in [-0.3, -0.25) is 42.7 Å². The molecular weight excluding hydrogens is 1310 g/mol. The van der Waals surface area contributed by atoms with Crippen LogP contribution in [0.2, 0.25) is 0 Å². The van der Waals surface area contributed by atoms with E-state index in [9.17, 15) is 67.3 Å². The molecule has 0 saturated carbocycles. The van der Waals surface area contributed by atoms with Crippen LogP contribution in [0.25, 0.3) is 33.4 Å². The Bertz CT molecular complexity index is 4510. The summed E-state index contributed by atoms with van der Waals surface area (Å²) in [5.41, 5.74) is 1.92. The first-order chi connectivity index (χ1) is 45.0. The molecule has 9 rings (SSSR count). The van der Waals surface area contributed by atoms with Crippen molar-refractivity contribution in [2.75, 3.05) is 65.9 Å². The largest absolute Gasteiger partial charge is 0.756 e. The maximum absolute atomic E-state index is 13.4. The number of aromatic nitrogens is 2. The number of para-hydroxylation sites is 1. The van der Waals surface area contributed by atoms with Crippen LogP contribution in [-0.4, -0.2) is 127 Å². The standard InChI is InChI=1S/C61H65N8O23P3/c1-67(2)37-15-19-41-48(29-37)89-49-30-38(68(3)4)16-20-42(49)56(41)40-18-14-35(28-45(40)60(76)77)58(74)64-26-25-63-52(71)13-7-8-27-86-39-17-21-44-50(31-39)88-47-12-6-5-11-43(47)57(44)65-54(73)23-22-53(72)62-24-9-10-36-33-69(61(78)66-59(36)75)55-32-46(70)51(90-55)34-87-94(82,83)92-95(84,85)91-93(79,80)81/h5-6,11-12,14-21,28-31,33,46,51,55,57,70H,7-8,13,22-27,32,34H2,1-4H3,(H9-,62,63,64,65,66,71,72,73,74,75,76,77,78,79,80,81,82,83,84,85)/p-2. The van der Waals surface area contributed by atoms with Crippen molar-refractivity contribution in [3.8, 4) is 51.5 Å². The van der Waals surface area contributed by atoms with Crippen LogP contribution in [0, 0.1) is 11.8 Å². The lowest BCUT2D eigenvalue weighted by atomic mass is 9.89. The molecule has 31 nitrogen and oxygen atoms in total. The van der Waals surface area contributed by atoms with Crippen LogP contribution < -0.4 is 71.7 Å². The summed E-state index contributed by atoms with van der Waals surface area (Å²) in [7, 11) is -10.1. The zero-order chi connectivity index (χ0) is 68.5. The van der Waals surface area contributed by atoms with E-state index >= 15 is 0 Å². The highest BCUT2D eigenvalue weighted by molar-refractivity contribution is 7.65. The Kier molecular flexibility index (Phi) is 22.2. The van der Waals surface area contributed by atoms with Crippen molar-refractivity contribution in [3.05, 3.63) is 157 Å². The number of phosphoric ester groups is 1. The SMILES string of the molecule is CN(C)c1ccc2c(-c3ccc(C(=O)NCCNC(=O)CCCCOc4ccc5c(c4)Oc4ccccc4C5NC(=O)CCC(=O)NCC#Cc4cn(C5CC(O)C(COP(=O)([O-])OP(=O)([O-])OP(=O)(O)O)O5)c(=O)[nH]c4=O)cc3C(=O)[O-])c3ccc(=[N+](C)C)cc-3oc2c1. The fourth-order valence-electron chi connectivity index (χ4n) is 10.2. The number of nitrogens with one attached hydrogen (secondary N) is 5. The number of fused-ring (bicyclic) bond motifs is 4. The highest BCUT2D eigenvalue weighted by Gasteiger charge is 2.38. The maximum Gasteiger partial charge on any atom is 0.476 e. The van der Waals surface area contributed by atoms with E-state index in [1.807, 2.05) is 79.0 Å². The number of aromatic carboxylic acids is 1. The number of rotatable bonds is 26. The Balaban J connectivity index is 0.704. The van der Waals surface area contributed by atoms with Crippen molar-refractivity contribution in [2.24, 2.45) is 0 Å². The second-order valence-electron chi connectivity index (χ2n) is 22.0. The minimum atomic E-state index is -6.14. The Morgan fingerprint density at radius 1 is 0.811 bits per heavy atom. The van der Waals surface area contributed by atoms with Crippen LogP contribution in [0.15, 0.2) is 117 Å². The molecular formula is C61H63N8O23P3-2. The molecule has 0 radical (unpaired) electrons. The minimum Gasteiger partial charge on any atom is -0.756 e. The van der Waals surface area contributed by atoms with E-state index in [4.69, 9.17) is 28.4 Å². The van der Waals surface area contributed by atoms with Gasteiger partial charge in [0.15, 0.2) is 0 Å². The molecule has 3 aliphatic heterocycles. The van der Waals surface area contributed by atoms with Crippen molar-refractivity contribution >= 4 is 69.7 Å². The van der Waals surface area contributed by atoms with Gasteiger partial charge in [-0.15, -0.1) is 0 Å². The molecule has 0 bridgehead atoms. The zero-order valence-corrected chi connectivity index (χ0v) is 53.8. The second kappa shape index (κ2) is 30.1. The van der Waals surface area contributed by atoms with E-state index in [0.717, 1.165) is 21.8 Å². The topological polar surface area (TPSA) is 444 Å². The number of carboxylic acids is 1. The van der Waals surface area contributed by atoms with E-state index in [1.165, 1.54) is 6.07 Å². The summed E-state index contributed by atoms with van der Waals surface area (Å²) < 4.78 is 72.4. The number of carboxylic acid groups (broad SMARTS) is 1. The predicted molar refractivity (Wildman–Crippen MR) is 332 cm³/mol. The third-order valence-electron chi connectivity index (χ3n) is 14.8. The minimum absolute atomic E-state index is 0.0623. The highest BCUT2D eigenvalue weighted by Crippen LogP contribution is 2.62. The summed E-state index contributed by atoms with van der Waals surface area (Å²) in [6.07, 6.45) is -3.25. The molecule has 8 N–H and O–H groups in total. The van der Waals surface area contributed by atoms with Gasteiger partial charge in [-0.1, -0.05) is 36.1 Å². The number of hydrogen-bond acceptors (Lipinski definition) is 22. The van der Waals surface area contributed by atoms with E-state index in [1.54, 1.807) is 54.6 Å². The fourth-order valence-corrected chi connectivity index (χ4v) is 13.2. The number of nitrogens with zero attached hydrogens (tertiary/aromatic N) is 3. The summed E-state index contributed by atoms with van der Waals surface area (Å²) in [5.74, 6) is 3.59. The number of aliphatic hydroxyl groups excluding tert-OH is 1. The smallest absolute Gasteiger partial charge is 0.476 e. The van der Waals surface area contributed by atoms with Gasteiger partial charge >= 0.3 is 13.5 Å². The molecule has 95 heavy (non-hydrogen) atoms. The zero-order valence-electron chi connectivity index (χ0n) is 51.1. The van der Waals surface area contributed by atoms with Gasteiger partial charge in [0, 0.05) is 122 Å². The van der Waals surface area contributed by atoms with E-state index in [2.05, 4.69) is 46.3 Å². The van der Waals surface area contributed by atoms with E-state index < -0.39 is 95.9 Å². The highest BCUT2D eigenvalue weighted by atomic mass is 31.3. The lowest BCUT2D eigenvalue weighted by Gasteiger charge is -2.31. The second-order valence-corrected chi connectivity index (χ2v) is 26.3. The van der Waals surface area contributed by atoms with Crippen LogP contribution in [0.3, 0.4) is 0 Å². The summed E-state index contributed by atoms with van der Waals surface area (Å²) in [6, 6.07) is 27.2. The monoisotopic (exact) mass is 1370 g/mol. The van der Waals surface area contributed by atoms with Gasteiger partial charge in [-0.25, -0.2) is 22.6 Å². The third kappa shape index (κ3) is 18.2.